The van der Waals surface area contributed by atoms with Gasteiger partial charge in [0.05, 0.1) is 5.69 Å². The van der Waals surface area contributed by atoms with Gasteiger partial charge in [-0.25, -0.2) is 4.79 Å². The Morgan fingerprint density at radius 1 is 1.50 bits per heavy atom. The van der Waals surface area contributed by atoms with Crippen LogP contribution in [0, 0.1) is 0 Å². The fraction of sp³-hybridized carbons (Fsp3) is 0.643. The van der Waals surface area contributed by atoms with E-state index in [0.717, 1.165) is 12.1 Å². The fourth-order valence-corrected chi connectivity index (χ4v) is 3.51. The first-order chi connectivity index (χ1) is 8.37. The number of ether oxygens (including phenoxy) is 1. The van der Waals surface area contributed by atoms with Crippen molar-refractivity contribution in [3.05, 3.63) is 15.8 Å². The summed E-state index contributed by atoms with van der Waals surface area (Å²) in [4.78, 5) is 13.2. The van der Waals surface area contributed by atoms with E-state index in [1.54, 1.807) is 11.3 Å². The molecule has 1 unspecified atom stereocenters. The van der Waals surface area contributed by atoms with Crippen molar-refractivity contribution < 1.29 is 9.53 Å². The zero-order chi connectivity index (χ0) is 13.3. The van der Waals surface area contributed by atoms with Gasteiger partial charge >= 0.3 is 6.09 Å². The van der Waals surface area contributed by atoms with E-state index in [9.17, 15) is 4.79 Å². The first-order valence-corrected chi connectivity index (χ1v) is 7.35. The second-order valence-corrected chi connectivity index (χ2v) is 6.87. The minimum Gasteiger partial charge on any atom is -0.444 e. The molecule has 1 amide bonds. The molecule has 0 aliphatic heterocycles. The van der Waals surface area contributed by atoms with E-state index in [-0.39, 0.29) is 6.09 Å². The minimum atomic E-state index is -0.453. The average molecular weight is 267 g/mol. The number of carbonyl (C=O) groups excluding carboxylic acids is 1. The maximum atomic E-state index is 11.8. The lowest BCUT2D eigenvalue weighted by molar-refractivity contribution is 0.0636. The van der Waals surface area contributed by atoms with E-state index < -0.39 is 5.60 Å². The van der Waals surface area contributed by atoms with Crippen LogP contribution in [-0.4, -0.2) is 11.7 Å². The molecule has 4 heteroatoms. The smallest absolute Gasteiger partial charge is 0.412 e. The number of anilines is 1. The highest BCUT2D eigenvalue weighted by molar-refractivity contribution is 7.10. The second-order valence-electron chi connectivity index (χ2n) is 5.91. The molecule has 1 aromatic heterocycles. The summed E-state index contributed by atoms with van der Waals surface area (Å²) in [6.07, 6.45) is 3.23. The Morgan fingerprint density at radius 2 is 2.22 bits per heavy atom. The molecule has 0 saturated heterocycles. The molecular formula is C14H21NO2S. The number of nitrogens with one attached hydrogen (secondary N) is 1. The van der Waals surface area contributed by atoms with Crippen LogP contribution in [0.3, 0.4) is 0 Å². The molecule has 0 saturated carbocycles. The number of rotatable bonds is 1. The van der Waals surface area contributed by atoms with Gasteiger partial charge in [-0.05, 0) is 51.5 Å². The molecule has 1 aromatic rings. The summed E-state index contributed by atoms with van der Waals surface area (Å²) in [6.45, 7) is 7.85. The van der Waals surface area contributed by atoms with Gasteiger partial charge in [-0.3, -0.25) is 5.32 Å². The monoisotopic (exact) mass is 267 g/mol. The van der Waals surface area contributed by atoms with Crippen molar-refractivity contribution in [1.29, 1.82) is 0 Å². The van der Waals surface area contributed by atoms with E-state index in [2.05, 4.69) is 12.2 Å². The lowest BCUT2D eigenvalue weighted by atomic mass is 9.88. The van der Waals surface area contributed by atoms with Crippen LogP contribution in [0.15, 0.2) is 5.38 Å². The molecule has 0 aromatic carbocycles. The molecular weight excluding hydrogens is 246 g/mol. The van der Waals surface area contributed by atoms with Gasteiger partial charge in [-0.2, -0.15) is 0 Å². The van der Waals surface area contributed by atoms with Crippen molar-refractivity contribution in [3.8, 4) is 0 Å². The Bertz CT molecular complexity index is 445. The summed E-state index contributed by atoms with van der Waals surface area (Å²) in [7, 11) is 0. The predicted molar refractivity (Wildman–Crippen MR) is 75.5 cm³/mol. The van der Waals surface area contributed by atoms with E-state index >= 15 is 0 Å². The third kappa shape index (κ3) is 3.05. The number of carbonyl (C=O) groups is 1. The van der Waals surface area contributed by atoms with Crippen molar-refractivity contribution in [2.24, 2.45) is 0 Å². The highest BCUT2D eigenvalue weighted by Gasteiger charge is 2.24. The summed E-state index contributed by atoms with van der Waals surface area (Å²) in [5, 5.41) is 4.92. The van der Waals surface area contributed by atoms with Crippen molar-refractivity contribution in [2.75, 3.05) is 5.32 Å². The number of hydrogen-bond donors (Lipinski definition) is 1. The molecule has 0 bridgehead atoms. The van der Waals surface area contributed by atoms with Crippen LogP contribution in [0.5, 0.6) is 0 Å². The molecule has 2 rings (SSSR count). The molecule has 3 nitrogen and oxygen atoms in total. The van der Waals surface area contributed by atoms with Crippen molar-refractivity contribution >= 4 is 23.1 Å². The maximum absolute atomic E-state index is 11.8. The van der Waals surface area contributed by atoms with Gasteiger partial charge in [0.25, 0.3) is 0 Å². The van der Waals surface area contributed by atoms with Crippen LogP contribution in [-0.2, 0) is 11.2 Å². The zero-order valence-corrected chi connectivity index (χ0v) is 12.3. The number of fused-ring (bicyclic) bond motifs is 1. The number of thiophene rings is 1. The molecule has 1 aliphatic carbocycles. The topological polar surface area (TPSA) is 38.3 Å². The summed E-state index contributed by atoms with van der Waals surface area (Å²) < 4.78 is 5.29. The van der Waals surface area contributed by atoms with Gasteiger partial charge in [-0.15, -0.1) is 11.3 Å². The third-order valence-corrected chi connectivity index (χ3v) is 4.14. The lowest BCUT2D eigenvalue weighted by Crippen LogP contribution is -2.27. The van der Waals surface area contributed by atoms with Crippen LogP contribution < -0.4 is 5.32 Å². The van der Waals surface area contributed by atoms with E-state index in [1.165, 1.54) is 23.3 Å². The summed E-state index contributed by atoms with van der Waals surface area (Å²) >= 11 is 1.75. The van der Waals surface area contributed by atoms with Crippen molar-refractivity contribution in [3.63, 3.8) is 0 Å². The molecule has 1 heterocycles. The first kappa shape index (κ1) is 13.4. The Labute approximate surface area is 113 Å². The average Bonchev–Trinajstić information content (AvgIpc) is 2.59. The van der Waals surface area contributed by atoms with E-state index in [4.69, 9.17) is 4.74 Å². The van der Waals surface area contributed by atoms with Gasteiger partial charge in [0, 0.05) is 10.3 Å². The highest BCUT2D eigenvalue weighted by atomic mass is 32.1. The molecule has 0 spiro atoms. The van der Waals surface area contributed by atoms with Crippen LogP contribution in [0.25, 0.3) is 0 Å². The Balaban J connectivity index is 2.11. The quantitative estimate of drug-likeness (QED) is 0.811. The maximum Gasteiger partial charge on any atom is 0.412 e. The van der Waals surface area contributed by atoms with Crippen molar-refractivity contribution in [1.82, 2.24) is 0 Å². The molecule has 1 aliphatic rings. The summed E-state index contributed by atoms with van der Waals surface area (Å²) in [5.74, 6) is 0.532. The van der Waals surface area contributed by atoms with Gasteiger partial charge in [-0.1, -0.05) is 6.92 Å². The molecule has 1 atom stereocenters. The molecule has 1 N–H and O–H groups in total. The predicted octanol–water partition coefficient (Wildman–Crippen LogP) is 4.53. The number of aryl methyl sites for hydroxylation is 1. The second kappa shape index (κ2) is 4.92. The van der Waals surface area contributed by atoms with Crippen LogP contribution >= 0.6 is 11.3 Å². The number of hydrogen-bond acceptors (Lipinski definition) is 3. The highest BCUT2D eigenvalue weighted by Crippen LogP contribution is 2.40. The largest absolute Gasteiger partial charge is 0.444 e. The van der Waals surface area contributed by atoms with Crippen molar-refractivity contribution in [2.45, 2.75) is 58.5 Å². The molecule has 0 fully saturated rings. The standard InChI is InChI=1S/C14H21NO2S/c1-9-6-5-7-11-12(9)10(8-18-11)15-13(16)17-14(2,3)4/h8-9H,5-7H2,1-4H3,(H,15,16). The summed E-state index contributed by atoms with van der Waals surface area (Å²) in [6, 6.07) is 0. The number of amides is 1. The third-order valence-electron chi connectivity index (χ3n) is 3.08. The Morgan fingerprint density at radius 3 is 2.89 bits per heavy atom. The lowest BCUT2D eigenvalue weighted by Gasteiger charge is -2.22. The van der Waals surface area contributed by atoms with Gasteiger partial charge in [0.2, 0.25) is 0 Å². The zero-order valence-electron chi connectivity index (χ0n) is 11.5. The van der Waals surface area contributed by atoms with E-state index in [0.29, 0.717) is 5.92 Å². The minimum absolute atomic E-state index is 0.360. The van der Waals surface area contributed by atoms with Crippen LogP contribution in [0.1, 0.15) is 56.9 Å². The van der Waals surface area contributed by atoms with Gasteiger partial charge in [0.1, 0.15) is 5.60 Å². The molecule has 100 valence electrons. The van der Waals surface area contributed by atoms with Crippen LogP contribution in [0.2, 0.25) is 0 Å². The molecule has 0 radical (unpaired) electrons. The van der Waals surface area contributed by atoms with Gasteiger partial charge < -0.3 is 4.74 Å². The Hall–Kier alpha value is -1.03. The van der Waals surface area contributed by atoms with E-state index in [1.807, 2.05) is 26.2 Å². The first-order valence-electron chi connectivity index (χ1n) is 6.47. The molecule has 18 heavy (non-hydrogen) atoms. The summed E-state index contributed by atoms with van der Waals surface area (Å²) in [5.41, 5.74) is 1.81. The Kier molecular flexibility index (Phi) is 3.66. The fourth-order valence-electron chi connectivity index (χ4n) is 2.36. The van der Waals surface area contributed by atoms with Crippen LogP contribution in [0.4, 0.5) is 10.5 Å². The van der Waals surface area contributed by atoms with Gasteiger partial charge in [0.15, 0.2) is 0 Å². The normalized spacial score (nSPS) is 19.2. The SMILES string of the molecule is CC1CCCc2scc(NC(=O)OC(C)(C)C)c21.